The summed E-state index contributed by atoms with van der Waals surface area (Å²) in [5.41, 5.74) is 4.36. The van der Waals surface area contributed by atoms with Crippen molar-refractivity contribution in [3.05, 3.63) is 46.1 Å². The molecule has 0 unspecified atom stereocenters. The first-order valence-corrected chi connectivity index (χ1v) is 9.48. The molecule has 1 aromatic rings. The van der Waals surface area contributed by atoms with Crippen LogP contribution < -0.4 is 11.1 Å². The highest BCUT2D eigenvalue weighted by Gasteiger charge is 2.34. The lowest BCUT2D eigenvalue weighted by Gasteiger charge is -2.22. The quantitative estimate of drug-likeness (QED) is 0.281. The Kier molecular flexibility index (Phi) is 8.83. The zero-order valence-corrected chi connectivity index (χ0v) is 17.0. The van der Waals surface area contributed by atoms with Gasteiger partial charge in [-0.15, -0.1) is 11.8 Å². The molecule has 0 aromatic carbocycles. The van der Waals surface area contributed by atoms with Crippen LogP contribution >= 0.6 is 23.4 Å². The molecule has 0 bridgehead atoms. The van der Waals surface area contributed by atoms with E-state index in [-0.39, 0.29) is 35.1 Å². The van der Waals surface area contributed by atoms with E-state index in [2.05, 4.69) is 4.98 Å². The van der Waals surface area contributed by atoms with Crippen LogP contribution in [0.25, 0.3) is 0 Å². The average molecular weight is 437 g/mol. The lowest BCUT2D eigenvalue weighted by atomic mass is 10.2. The lowest BCUT2D eigenvalue weighted by molar-refractivity contribution is -0.116. The van der Waals surface area contributed by atoms with Crippen molar-refractivity contribution in [1.29, 1.82) is 0 Å². The standard InChI is InChI=1S/C17H20ClF3N4O2S/c1-4-11(10(22)8-13(23-9-26)17(19,20)21)25(3)16(27)15-12(28-5-2)6-7-14(18)24-15/h6-9H,4-5,22H2,1-3H3,(H,23,26)/b11-10-,13-8-. The fourth-order valence-electron chi connectivity index (χ4n) is 2.27. The van der Waals surface area contributed by atoms with Crippen LogP contribution in [0.15, 0.2) is 40.2 Å². The van der Waals surface area contributed by atoms with Gasteiger partial charge in [0.25, 0.3) is 5.91 Å². The number of aromatic nitrogens is 1. The molecule has 0 aliphatic heterocycles. The normalized spacial score (nSPS) is 13.0. The van der Waals surface area contributed by atoms with E-state index < -0.39 is 17.8 Å². The Morgan fingerprint density at radius 2 is 2.04 bits per heavy atom. The van der Waals surface area contributed by atoms with E-state index in [0.29, 0.717) is 16.7 Å². The van der Waals surface area contributed by atoms with Crippen LogP contribution in [-0.2, 0) is 4.79 Å². The van der Waals surface area contributed by atoms with E-state index in [1.165, 1.54) is 18.8 Å². The summed E-state index contributed by atoms with van der Waals surface area (Å²) in [4.78, 5) is 29.1. The Morgan fingerprint density at radius 1 is 1.39 bits per heavy atom. The molecule has 0 spiro atoms. The van der Waals surface area contributed by atoms with E-state index in [1.807, 2.05) is 6.92 Å². The summed E-state index contributed by atoms with van der Waals surface area (Å²) in [6.45, 7) is 3.53. The zero-order valence-electron chi connectivity index (χ0n) is 15.4. The molecule has 0 atom stereocenters. The Bertz CT molecular complexity index is 797. The maximum Gasteiger partial charge on any atom is 0.431 e. The highest BCUT2D eigenvalue weighted by atomic mass is 35.5. The molecule has 0 aliphatic carbocycles. The van der Waals surface area contributed by atoms with Gasteiger partial charge in [-0.25, -0.2) is 4.98 Å². The van der Waals surface area contributed by atoms with E-state index >= 15 is 0 Å². The van der Waals surface area contributed by atoms with Gasteiger partial charge >= 0.3 is 6.18 Å². The number of nitrogens with one attached hydrogen (secondary N) is 1. The summed E-state index contributed by atoms with van der Waals surface area (Å²) in [7, 11) is 1.38. The molecule has 3 N–H and O–H groups in total. The number of alkyl halides is 3. The molecule has 0 saturated heterocycles. The van der Waals surface area contributed by atoms with E-state index in [9.17, 15) is 22.8 Å². The highest BCUT2D eigenvalue weighted by molar-refractivity contribution is 7.99. The van der Waals surface area contributed by atoms with E-state index in [4.69, 9.17) is 17.3 Å². The van der Waals surface area contributed by atoms with Gasteiger partial charge in [0.05, 0.1) is 5.70 Å². The van der Waals surface area contributed by atoms with E-state index in [1.54, 1.807) is 24.4 Å². The number of pyridine rings is 1. The predicted molar refractivity (Wildman–Crippen MR) is 103 cm³/mol. The number of halogens is 4. The molecule has 0 radical (unpaired) electrons. The van der Waals surface area contributed by atoms with Crippen LogP contribution in [0, 0.1) is 0 Å². The summed E-state index contributed by atoms with van der Waals surface area (Å²) in [6, 6.07) is 3.20. The summed E-state index contributed by atoms with van der Waals surface area (Å²) in [5, 5.41) is 1.68. The van der Waals surface area contributed by atoms with Crippen LogP contribution in [0.1, 0.15) is 30.8 Å². The third-order valence-electron chi connectivity index (χ3n) is 3.52. The summed E-state index contributed by atoms with van der Waals surface area (Å²) >= 11 is 7.27. The second kappa shape index (κ2) is 10.4. The summed E-state index contributed by atoms with van der Waals surface area (Å²) < 4.78 is 38.9. The molecule has 0 aliphatic rings. The first-order chi connectivity index (χ1) is 13.1. The highest BCUT2D eigenvalue weighted by Crippen LogP contribution is 2.27. The van der Waals surface area contributed by atoms with Gasteiger partial charge in [-0.2, -0.15) is 13.2 Å². The molecule has 2 amide bonds. The minimum atomic E-state index is -4.81. The smallest absolute Gasteiger partial charge is 0.397 e. The van der Waals surface area contributed by atoms with Gasteiger partial charge in [0, 0.05) is 17.6 Å². The van der Waals surface area contributed by atoms with Crippen LogP contribution in [-0.4, -0.2) is 41.2 Å². The van der Waals surface area contributed by atoms with Crippen molar-refractivity contribution in [3.8, 4) is 0 Å². The minimum absolute atomic E-state index is 0.0756. The summed E-state index contributed by atoms with van der Waals surface area (Å²) in [5.74, 6) is 0.115. The van der Waals surface area contributed by atoms with Crippen LogP contribution in [0.5, 0.6) is 0 Å². The SMILES string of the molecule is CCSc1ccc(Cl)nc1C(=O)N(C)/C(CC)=C(N)/C=C(\NC=O)C(F)(F)F. The maximum atomic E-state index is 13.0. The van der Waals surface area contributed by atoms with Gasteiger partial charge in [0.1, 0.15) is 16.5 Å². The minimum Gasteiger partial charge on any atom is -0.397 e. The molecule has 1 aromatic heterocycles. The van der Waals surface area contributed by atoms with Gasteiger partial charge in [-0.1, -0.05) is 25.4 Å². The Balaban J connectivity index is 3.38. The predicted octanol–water partition coefficient (Wildman–Crippen LogP) is 3.69. The van der Waals surface area contributed by atoms with Crippen molar-refractivity contribution in [3.63, 3.8) is 0 Å². The average Bonchev–Trinajstić information content (AvgIpc) is 2.62. The monoisotopic (exact) mass is 436 g/mol. The third kappa shape index (κ3) is 6.16. The second-order valence-electron chi connectivity index (χ2n) is 5.35. The van der Waals surface area contributed by atoms with Gasteiger partial charge < -0.3 is 16.0 Å². The van der Waals surface area contributed by atoms with Crippen LogP contribution in [0.4, 0.5) is 13.2 Å². The number of rotatable bonds is 8. The zero-order chi connectivity index (χ0) is 21.5. The molecule has 6 nitrogen and oxygen atoms in total. The number of hydrogen-bond acceptors (Lipinski definition) is 5. The topological polar surface area (TPSA) is 88.3 Å². The number of nitrogens with two attached hydrogens (primary N) is 1. The fraction of sp³-hybridized carbons (Fsp3) is 0.353. The number of carbonyl (C=O) groups is 2. The van der Waals surface area contributed by atoms with Crippen molar-refractivity contribution in [2.45, 2.75) is 31.3 Å². The van der Waals surface area contributed by atoms with Gasteiger partial charge in [0.2, 0.25) is 6.41 Å². The summed E-state index contributed by atoms with van der Waals surface area (Å²) in [6.07, 6.45) is -4.18. The Labute approximate surface area is 170 Å². The molecule has 1 rings (SSSR count). The molecule has 28 heavy (non-hydrogen) atoms. The van der Waals surface area contributed by atoms with Crippen molar-refractivity contribution in [2.75, 3.05) is 12.8 Å². The van der Waals surface area contributed by atoms with Crippen molar-refractivity contribution in [2.24, 2.45) is 5.73 Å². The molecular formula is C17H20ClF3N4O2S. The molecule has 1 heterocycles. The van der Waals surface area contributed by atoms with Gasteiger partial charge in [-0.05, 0) is 30.4 Å². The number of hydrogen-bond donors (Lipinski definition) is 2. The van der Waals surface area contributed by atoms with Crippen LogP contribution in [0.2, 0.25) is 5.15 Å². The Morgan fingerprint density at radius 3 is 2.54 bits per heavy atom. The molecular weight excluding hydrogens is 417 g/mol. The van der Waals surface area contributed by atoms with Crippen molar-refractivity contribution < 1.29 is 22.8 Å². The lowest BCUT2D eigenvalue weighted by Crippen LogP contribution is -2.30. The van der Waals surface area contributed by atoms with Crippen LogP contribution in [0.3, 0.4) is 0 Å². The molecule has 0 fully saturated rings. The van der Waals surface area contributed by atoms with E-state index in [0.717, 1.165) is 4.90 Å². The number of thioether (sulfide) groups is 1. The van der Waals surface area contributed by atoms with Gasteiger partial charge in [-0.3, -0.25) is 9.59 Å². The molecule has 0 saturated carbocycles. The third-order valence-corrected chi connectivity index (χ3v) is 4.66. The molecule has 154 valence electrons. The first-order valence-electron chi connectivity index (χ1n) is 8.11. The largest absolute Gasteiger partial charge is 0.431 e. The number of amides is 2. The van der Waals surface area contributed by atoms with Gasteiger partial charge in [0.15, 0.2) is 0 Å². The number of allylic oxidation sites excluding steroid dienone is 3. The molecule has 11 heteroatoms. The number of nitrogens with zero attached hydrogens (tertiary/aromatic N) is 2. The first kappa shape index (κ1) is 23.8. The second-order valence-corrected chi connectivity index (χ2v) is 7.04. The Hall–Kier alpha value is -2.20. The van der Waals surface area contributed by atoms with Crippen molar-refractivity contribution >= 4 is 35.7 Å². The maximum absolute atomic E-state index is 13.0. The van der Waals surface area contributed by atoms with Crippen molar-refractivity contribution in [1.82, 2.24) is 15.2 Å². The number of carbonyl (C=O) groups excluding carboxylic acids is 2. The fourth-order valence-corrected chi connectivity index (χ4v) is 3.16.